The topological polar surface area (TPSA) is 62.1 Å². The van der Waals surface area contributed by atoms with Crippen LogP contribution in [0, 0.1) is 17.2 Å². The highest BCUT2D eigenvalue weighted by molar-refractivity contribution is 5.78. The Bertz CT molecular complexity index is 229. The highest BCUT2D eigenvalue weighted by atomic mass is 16.5. The largest absolute Gasteiger partial charge is 0.376 e. The normalized spacial score (nSPS) is 22.7. The Hall–Kier alpha value is -1.08. The molecule has 1 rings (SSSR count). The van der Waals surface area contributed by atoms with E-state index in [1.807, 2.05) is 6.07 Å². The maximum Gasteiger partial charge on any atom is 0.223 e. The van der Waals surface area contributed by atoms with Crippen LogP contribution in [0.25, 0.3) is 0 Å². The smallest absolute Gasteiger partial charge is 0.223 e. The first kappa shape index (κ1) is 11.0. The van der Waals surface area contributed by atoms with E-state index in [1.165, 1.54) is 0 Å². The zero-order valence-electron chi connectivity index (χ0n) is 8.45. The van der Waals surface area contributed by atoms with E-state index in [0.717, 1.165) is 19.4 Å². The van der Waals surface area contributed by atoms with Gasteiger partial charge in [0.25, 0.3) is 0 Å². The Labute approximate surface area is 84.2 Å². The van der Waals surface area contributed by atoms with Gasteiger partial charge in [-0.2, -0.15) is 5.26 Å². The standard InChI is InChI=1S/C10H16N2O2/c1-8(4-5-11)10(13)12-7-9-3-2-6-14-9/h8-9H,2-4,6-7H2,1H3,(H,12,13). The number of nitrogens with zero attached hydrogens (tertiary/aromatic N) is 1. The Morgan fingerprint density at radius 3 is 3.14 bits per heavy atom. The number of amides is 1. The molecule has 4 heteroatoms. The molecule has 2 unspecified atom stereocenters. The first-order chi connectivity index (χ1) is 6.74. The van der Waals surface area contributed by atoms with Gasteiger partial charge in [0.05, 0.1) is 12.2 Å². The van der Waals surface area contributed by atoms with Gasteiger partial charge in [-0.05, 0) is 12.8 Å². The van der Waals surface area contributed by atoms with E-state index in [2.05, 4.69) is 5.32 Å². The van der Waals surface area contributed by atoms with E-state index < -0.39 is 0 Å². The van der Waals surface area contributed by atoms with Crippen molar-refractivity contribution >= 4 is 5.91 Å². The molecule has 1 saturated heterocycles. The molecule has 14 heavy (non-hydrogen) atoms. The molecule has 0 saturated carbocycles. The third-order valence-corrected chi connectivity index (χ3v) is 2.37. The summed E-state index contributed by atoms with van der Waals surface area (Å²) >= 11 is 0. The van der Waals surface area contributed by atoms with Crippen LogP contribution in [0.15, 0.2) is 0 Å². The van der Waals surface area contributed by atoms with Crippen molar-refractivity contribution in [3.05, 3.63) is 0 Å². The van der Waals surface area contributed by atoms with Crippen LogP contribution in [-0.2, 0) is 9.53 Å². The second-order valence-corrected chi connectivity index (χ2v) is 3.64. The number of carbonyl (C=O) groups excluding carboxylic acids is 1. The van der Waals surface area contributed by atoms with Crippen LogP contribution >= 0.6 is 0 Å². The lowest BCUT2D eigenvalue weighted by atomic mass is 10.1. The Kier molecular flexibility index (Phi) is 4.41. The molecule has 1 heterocycles. The third-order valence-electron chi connectivity index (χ3n) is 2.37. The van der Waals surface area contributed by atoms with Crippen LogP contribution in [-0.4, -0.2) is 25.2 Å². The van der Waals surface area contributed by atoms with Gasteiger partial charge in [-0.1, -0.05) is 6.92 Å². The van der Waals surface area contributed by atoms with Crippen molar-refractivity contribution in [2.24, 2.45) is 5.92 Å². The molecule has 1 aliphatic heterocycles. The Morgan fingerprint density at radius 1 is 1.79 bits per heavy atom. The van der Waals surface area contributed by atoms with E-state index in [9.17, 15) is 4.79 Å². The lowest BCUT2D eigenvalue weighted by Crippen LogP contribution is -2.35. The number of nitrogens with one attached hydrogen (secondary N) is 1. The molecule has 78 valence electrons. The fraction of sp³-hybridized carbons (Fsp3) is 0.800. The number of hydrogen-bond donors (Lipinski definition) is 1. The molecule has 1 fully saturated rings. The number of ether oxygens (including phenoxy) is 1. The first-order valence-electron chi connectivity index (χ1n) is 5.00. The molecule has 1 N–H and O–H groups in total. The molecule has 1 aliphatic rings. The van der Waals surface area contributed by atoms with Crippen LogP contribution in [0.2, 0.25) is 0 Å². The van der Waals surface area contributed by atoms with Crippen molar-refractivity contribution in [3.63, 3.8) is 0 Å². The maximum atomic E-state index is 11.4. The molecule has 0 bridgehead atoms. The highest BCUT2D eigenvalue weighted by Crippen LogP contribution is 2.10. The lowest BCUT2D eigenvalue weighted by molar-refractivity contribution is -0.124. The molecule has 0 radical (unpaired) electrons. The molecular formula is C10H16N2O2. The van der Waals surface area contributed by atoms with Gasteiger partial charge in [-0.25, -0.2) is 0 Å². The number of rotatable bonds is 4. The van der Waals surface area contributed by atoms with Crippen LogP contribution in [0.3, 0.4) is 0 Å². The molecule has 0 spiro atoms. The molecule has 1 amide bonds. The quantitative estimate of drug-likeness (QED) is 0.724. The summed E-state index contributed by atoms with van der Waals surface area (Å²) < 4.78 is 5.36. The minimum absolute atomic E-state index is 0.0537. The fourth-order valence-electron chi connectivity index (χ4n) is 1.42. The van der Waals surface area contributed by atoms with Gasteiger partial charge in [0.1, 0.15) is 0 Å². The predicted molar refractivity (Wildman–Crippen MR) is 51.4 cm³/mol. The predicted octanol–water partition coefficient (Wildman–Crippen LogP) is 0.831. The molecule has 0 aromatic heterocycles. The minimum atomic E-state index is -0.221. The zero-order valence-corrected chi connectivity index (χ0v) is 8.45. The van der Waals surface area contributed by atoms with Gasteiger partial charge in [0, 0.05) is 25.5 Å². The Balaban J connectivity index is 2.17. The van der Waals surface area contributed by atoms with Crippen molar-refractivity contribution in [3.8, 4) is 6.07 Å². The van der Waals surface area contributed by atoms with E-state index in [-0.39, 0.29) is 24.3 Å². The van der Waals surface area contributed by atoms with Crippen LogP contribution in [0.4, 0.5) is 0 Å². The second-order valence-electron chi connectivity index (χ2n) is 3.64. The monoisotopic (exact) mass is 196 g/mol. The van der Waals surface area contributed by atoms with E-state index in [0.29, 0.717) is 6.54 Å². The molecular weight excluding hydrogens is 180 g/mol. The van der Waals surface area contributed by atoms with Gasteiger partial charge in [0.15, 0.2) is 0 Å². The molecule has 2 atom stereocenters. The van der Waals surface area contributed by atoms with Crippen molar-refractivity contribution in [1.29, 1.82) is 5.26 Å². The summed E-state index contributed by atoms with van der Waals surface area (Å²) in [5, 5.41) is 11.2. The number of nitriles is 1. The highest BCUT2D eigenvalue weighted by Gasteiger charge is 2.18. The van der Waals surface area contributed by atoms with Crippen molar-refractivity contribution in [1.82, 2.24) is 5.32 Å². The van der Waals surface area contributed by atoms with E-state index >= 15 is 0 Å². The maximum absolute atomic E-state index is 11.4. The van der Waals surface area contributed by atoms with Crippen LogP contribution in [0.1, 0.15) is 26.2 Å². The van der Waals surface area contributed by atoms with E-state index in [1.54, 1.807) is 6.92 Å². The SMILES string of the molecule is CC(CC#N)C(=O)NCC1CCCO1. The van der Waals surface area contributed by atoms with Gasteiger partial charge in [-0.3, -0.25) is 4.79 Å². The average molecular weight is 196 g/mol. The van der Waals surface area contributed by atoms with Crippen molar-refractivity contribution in [2.75, 3.05) is 13.2 Å². The van der Waals surface area contributed by atoms with Crippen molar-refractivity contribution in [2.45, 2.75) is 32.3 Å². The molecule has 0 aromatic rings. The van der Waals surface area contributed by atoms with Gasteiger partial charge in [-0.15, -0.1) is 0 Å². The average Bonchev–Trinajstić information content (AvgIpc) is 2.67. The number of carbonyl (C=O) groups is 1. The van der Waals surface area contributed by atoms with Crippen LogP contribution in [0.5, 0.6) is 0 Å². The summed E-state index contributed by atoms with van der Waals surface area (Å²) in [6.45, 7) is 3.14. The van der Waals surface area contributed by atoms with Crippen molar-refractivity contribution < 1.29 is 9.53 Å². The second kappa shape index (κ2) is 5.61. The van der Waals surface area contributed by atoms with Gasteiger partial charge in [0.2, 0.25) is 5.91 Å². The summed E-state index contributed by atoms with van der Waals surface area (Å²) in [6.07, 6.45) is 2.55. The zero-order chi connectivity index (χ0) is 10.4. The summed E-state index contributed by atoms with van der Waals surface area (Å²) in [6, 6.07) is 1.98. The Morgan fingerprint density at radius 2 is 2.57 bits per heavy atom. The first-order valence-corrected chi connectivity index (χ1v) is 5.00. The van der Waals surface area contributed by atoms with Gasteiger partial charge < -0.3 is 10.1 Å². The summed E-state index contributed by atoms with van der Waals surface area (Å²) in [5.74, 6) is -0.275. The van der Waals surface area contributed by atoms with Gasteiger partial charge >= 0.3 is 0 Å². The van der Waals surface area contributed by atoms with E-state index in [4.69, 9.17) is 10.00 Å². The number of hydrogen-bond acceptors (Lipinski definition) is 3. The molecule has 4 nitrogen and oxygen atoms in total. The van der Waals surface area contributed by atoms with Crippen LogP contribution < -0.4 is 5.32 Å². The minimum Gasteiger partial charge on any atom is -0.376 e. The summed E-state index contributed by atoms with van der Waals surface area (Å²) in [4.78, 5) is 11.4. The summed E-state index contributed by atoms with van der Waals surface area (Å²) in [5.41, 5.74) is 0. The molecule has 0 aromatic carbocycles. The third kappa shape index (κ3) is 3.35. The molecule has 0 aliphatic carbocycles. The fourth-order valence-corrected chi connectivity index (χ4v) is 1.42. The summed E-state index contributed by atoms with van der Waals surface area (Å²) in [7, 11) is 0. The lowest BCUT2D eigenvalue weighted by Gasteiger charge is -2.12.